The first-order valence-electron chi connectivity index (χ1n) is 10.7. The Hall–Kier alpha value is -4.50. The Morgan fingerprint density at radius 2 is 1.14 bits per heavy atom. The molecular formula is C22H25N3O12. The van der Waals surface area contributed by atoms with Gasteiger partial charge in [-0.15, -0.1) is 0 Å². The van der Waals surface area contributed by atoms with Gasteiger partial charge >= 0.3 is 35.5 Å². The minimum Gasteiger partial charge on any atom is -0.480 e. The zero-order chi connectivity index (χ0) is 27.7. The number of anilines is 1. The van der Waals surface area contributed by atoms with Gasteiger partial charge in [-0.05, 0) is 18.2 Å². The molecular weight excluding hydrogens is 498 g/mol. The highest BCUT2D eigenvalue weighted by molar-refractivity contribution is 5.92. The van der Waals surface area contributed by atoms with Crippen molar-refractivity contribution in [2.24, 2.45) is 0 Å². The average molecular weight is 523 g/mol. The van der Waals surface area contributed by atoms with Crippen LogP contribution in [0.4, 0.5) is 5.69 Å². The van der Waals surface area contributed by atoms with Crippen LogP contribution in [0.25, 0.3) is 11.0 Å². The van der Waals surface area contributed by atoms with E-state index in [2.05, 4.69) is 0 Å². The number of carbonyl (C=O) groups is 5. The van der Waals surface area contributed by atoms with Gasteiger partial charge in [-0.25, -0.2) is 9.59 Å². The van der Waals surface area contributed by atoms with Crippen molar-refractivity contribution in [3.63, 3.8) is 0 Å². The Kier molecular flexibility index (Phi) is 10.1. The van der Waals surface area contributed by atoms with Gasteiger partial charge in [0.05, 0.1) is 26.2 Å². The maximum atomic E-state index is 12.0. The van der Waals surface area contributed by atoms with E-state index in [1.165, 1.54) is 12.1 Å². The van der Waals surface area contributed by atoms with Crippen LogP contribution in [-0.4, -0.2) is 118 Å². The number of hydrogen-bond donors (Lipinski definition) is 5. The lowest BCUT2D eigenvalue weighted by Gasteiger charge is -2.30. The van der Waals surface area contributed by atoms with Gasteiger partial charge in [0.2, 0.25) is 0 Å². The molecule has 1 heterocycles. The van der Waals surface area contributed by atoms with Crippen LogP contribution in [-0.2, 0) is 19.2 Å². The minimum atomic E-state index is -1.46. The Labute approximate surface area is 208 Å². The van der Waals surface area contributed by atoms with Crippen molar-refractivity contribution >= 4 is 46.5 Å². The van der Waals surface area contributed by atoms with Gasteiger partial charge < -0.3 is 34.8 Å². The second-order valence-corrected chi connectivity index (χ2v) is 7.96. The van der Waals surface area contributed by atoms with Crippen molar-refractivity contribution in [1.82, 2.24) is 9.80 Å². The normalized spacial score (nSPS) is 11.1. The number of aromatic carboxylic acids is 1. The fourth-order valence-corrected chi connectivity index (χ4v) is 3.53. The van der Waals surface area contributed by atoms with Crippen molar-refractivity contribution in [2.75, 3.05) is 57.3 Å². The van der Waals surface area contributed by atoms with E-state index in [1.54, 1.807) is 11.0 Å². The maximum Gasteiger partial charge on any atom is 0.351 e. The number of carboxylic acids is 5. The maximum absolute atomic E-state index is 12.0. The summed E-state index contributed by atoms with van der Waals surface area (Å²) >= 11 is 0. The summed E-state index contributed by atoms with van der Waals surface area (Å²) in [5.41, 5.74) is -1.20. The summed E-state index contributed by atoms with van der Waals surface area (Å²) in [6.45, 7) is -2.25. The van der Waals surface area contributed by atoms with E-state index >= 15 is 0 Å². The first-order valence-corrected chi connectivity index (χ1v) is 10.7. The fourth-order valence-electron chi connectivity index (χ4n) is 3.53. The molecule has 200 valence electrons. The van der Waals surface area contributed by atoms with Gasteiger partial charge in [-0.3, -0.25) is 29.0 Å². The molecule has 2 rings (SSSR count). The molecule has 0 spiro atoms. The summed E-state index contributed by atoms with van der Waals surface area (Å²) in [5.74, 6) is -6.45. The molecule has 0 aliphatic carbocycles. The van der Waals surface area contributed by atoms with E-state index in [0.717, 1.165) is 15.9 Å². The molecule has 5 N–H and O–H groups in total. The van der Waals surface area contributed by atoms with Crippen molar-refractivity contribution in [3.05, 3.63) is 40.2 Å². The largest absolute Gasteiger partial charge is 0.480 e. The summed E-state index contributed by atoms with van der Waals surface area (Å²) in [6, 6.07) is 5.58. The molecule has 1 aromatic carbocycles. The SMILES string of the molecule is O=C(O)CN(CCN(CCN(CC(=O)O)CC(=O)O)c1ccc2cc(C(=O)O)c(=O)oc2c1)CC(=O)O. The lowest BCUT2D eigenvalue weighted by molar-refractivity contribution is -0.143. The van der Waals surface area contributed by atoms with Gasteiger partial charge in [0.15, 0.2) is 0 Å². The van der Waals surface area contributed by atoms with Gasteiger partial charge in [-0.1, -0.05) is 0 Å². The van der Waals surface area contributed by atoms with Gasteiger partial charge in [-0.2, -0.15) is 0 Å². The zero-order valence-corrected chi connectivity index (χ0v) is 19.4. The van der Waals surface area contributed by atoms with E-state index in [1.807, 2.05) is 0 Å². The number of benzene rings is 1. The molecule has 0 fully saturated rings. The van der Waals surface area contributed by atoms with Gasteiger partial charge in [0.1, 0.15) is 11.1 Å². The van der Waals surface area contributed by atoms with E-state index in [0.29, 0.717) is 11.1 Å². The number of rotatable bonds is 16. The Morgan fingerprint density at radius 1 is 0.676 bits per heavy atom. The number of fused-ring (bicyclic) bond motifs is 1. The van der Waals surface area contributed by atoms with Crippen LogP contribution in [0.5, 0.6) is 0 Å². The molecule has 15 heteroatoms. The van der Waals surface area contributed by atoms with Crippen molar-refractivity contribution in [1.29, 1.82) is 0 Å². The molecule has 0 aliphatic heterocycles. The van der Waals surface area contributed by atoms with Crippen molar-refractivity contribution in [3.8, 4) is 0 Å². The molecule has 2 aromatic rings. The number of carboxylic acid groups (broad SMARTS) is 5. The van der Waals surface area contributed by atoms with Crippen LogP contribution in [0.3, 0.4) is 0 Å². The highest BCUT2D eigenvalue weighted by atomic mass is 16.4. The number of aliphatic carboxylic acids is 4. The third kappa shape index (κ3) is 9.23. The van der Waals surface area contributed by atoms with Crippen LogP contribution in [0, 0.1) is 0 Å². The molecule has 0 saturated heterocycles. The van der Waals surface area contributed by atoms with Gasteiger partial charge in [0.25, 0.3) is 0 Å². The highest BCUT2D eigenvalue weighted by Crippen LogP contribution is 2.22. The highest BCUT2D eigenvalue weighted by Gasteiger charge is 2.19. The molecule has 0 saturated carbocycles. The Balaban J connectivity index is 2.37. The summed E-state index contributed by atoms with van der Waals surface area (Å²) in [7, 11) is 0. The number of nitrogens with zero attached hydrogens (tertiary/aromatic N) is 3. The first-order chi connectivity index (χ1) is 17.3. The predicted octanol–water partition coefficient (Wildman–Crippen LogP) is -0.760. The molecule has 1 aromatic heterocycles. The third-order valence-electron chi connectivity index (χ3n) is 5.12. The lowest BCUT2D eigenvalue weighted by Crippen LogP contribution is -2.44. The summed E-state index contributed by atoms with van der Waals surface area (Å²) in [6.07, 6.45) is 0. The summed E-state index contributed by atoms with van der Waals surface area (Å²) in [4.78, 5) is 71.6. The molecule has 0 bridgehead atoms. The van der Waals surface area contributed by atoms with Crippen molar-refractivity contribution < 1.29 is 53.9 Å². The topological polar surface area (TPSA) is 226 Å². The molecule has 0 radical (unpaired) electrons. The predicted molar refractivity (Wildman–Crippen MR) is 125 cm³/mol. The Bertz CT molecular complexity index is 1170. The van der Waals surface area contributed by atoms with Gasteiger partial charge in [0, 0.05) is 43.3 Å². The molecule has 0 unspecified atom stereocenters. The van der Waals surface area contributed by atoms with Crippen LogP contribution in [0.15, 0.2) is 33.5 Å². The lowest BCUT2D eigenvalue weighted by atomic mass is 10.1. The molecule has 0 atom stereocenters. The van der Waals surface area contributed by atoms with Crippen LogP contribution in [0.1, 0.15) is 10.4 Å². The second-order valence-electron chi connectivity index (χ2n) is 7.96. The zero-order valence-electron chi connectivity index (χ0n) is 19.4. The molecule has 37 heavy (non-hydrogen) atoms. The fraction of sp³-hybridized carbons (Fsp3) is 0.364. The Morgan fingerprint density at radius 3 is 1.54 bits per heavy atom. The minimum absolute atomic E-state index is 0.0392. The van der Waals surface area contributed by atoms with E-state index < -0.39 is 67.2 Å². The summed E-state index contributed by atoms with van der Waals surface area (Å²) in [5, 5.41) is 45.7. The molecule has 15 nitrogen and oxygen atoms in total. The van der Waals surface area contributed by atoms with E-state index in [4.69, 9.17) is 29.9 Å². The average Bonchev–Trinajstić information content (AvgIpc) is 2.76. The smallest absolute Gasteiger partial charge is 0.351 e. The van der Waals surface area contributed by atoms with Crippen LogP contribution >= 0.6 is 0 Å². The first kappa shape index (κ1) is 28.7. The monoisotopic (exact) mass is 523 g/mol. The third-order valence-corrected chi connectivity index (χ3v) is 5.12. The van der Waals surface area contributed by atoms with Crippen LogP contribution < -0.4 is 10.5 Å². The van der Waals surface area contributed by atoms with Crippen LogP contribution in [0.2, 0.25) is 0 Å². The van der Waals surface area contributed by atoms with E-state index in [-0.39, 0.29) is 31.8 Å². The van der Waals surface area contributed by atoms with Crippen molar-refractivity contribution in [2.45, 2.75) is 0 Å². The number of hydrogen-bond acceptors (Lipinski definition) is 10. The standard InChI is InChI=1S/C22H25N3O12/c26-17(27)9-23(10-18(28)29)3-5-25(6-4-24(11-19(30)31)12-20(32)33)14-2-1-13-7-15(21(34)35)22(36)37-16(13)8-14/h1-2,7-8H,3-6,9-12H2,(H,26,27)(H,28,29)(H,30,31)(H,32,33)(H,34,35). The molecule has 0 aliphatic rings. The second kappa shape index (κ2) is 13.0. The van der Waals surface area contributed by atoms with E-state index in [9.17, 15) is 28.8 Å². The summed E-state index contributed by atoms with van der Waals surface area (Å²) < 4.78 is 5.11. The molecule has 0 amide bonds. The quantitative estimate of drug-likeness (QED) is 0.170.